The zero-order chi connectivity index (χ0) is 19.0. The van der Waals surface area contributed by atoms with Gasteiger partial charge in [-0.15, -0.1) is 0 Å². The molecule has 1 aromatic heterocycles. The number of hydrogen-bond donors (Lipinski definition) is 2. The topological polar surface area (TPSA) is 72.9 Å². The van der Waals surface area contributed by atoms with Gasteiger partial charge in [0.15, 0.2) is 0 Å². The molecule has 0 aliphatic heterocycles. The Bertz CT molecular complexity index is 991. The largest absolute Gasteiger partial charge is 0.328 e. The molecule has 0 spiro atoms. The monoisotopic (exact) mass is 382 g/mol. The first kappa shape index (κ1) is 18.0. The van der Waals surface area contributed by atoms with E-state index in [-0.39, 0.29) is 11.9 Å². The van der Waals surface area contributed by atoms with Crippen molar-refractivity contribution >= 4 is 34.2 Å². The number of carbonyl (C=O) groups is 1. The number of fused-ring (bicyclic) bond motifs is 1. The predicted octanol–water partition coefficient (Wildman–Crippen LogP) is 4.11. The van der Waals surface area contributed by atoms with Gasteiger partial charge in [-0.25, -0.2) is 4.98 Å². The summed E-state index contributed by atoms with van der Waals surface area (Å²) in [5, 5.41) is 3.67. The quantitative estimate of drug-likeness (QED) is 0.697. The minimum atomic E-state index is 0.0319. The van der Waals surface area contributed by atoms with Crippen LogP contribution >= 0.6 is 11.6 Å². The summed E-state index contributed by atoms with van der Waals surface area (Å²) in [5.41, 5.74) is 9.55. The fraction of sp³-hybridized carbons (Fsp3) is 0.333. The van der Waals surface area contributed by atoms with Gasteiger partial charge in [-0.05, 0) is 61.6 Å². The van der Waals surface area contributed by atoms with Crippen molar-refractivity contribution in [3.05, 3.63) is 58.9 Å². The Hall–Kier alpha value is -2.37. The van der Waals surface area contributed by atoms with Gasteiger partial charge in [-0.1, -0.05) is 23.7 Å². The number of aromatic nitrogens is 2. The number of nitrogens with zero attached hydrogens (tertiary/aromatic N) is 2. The molecular weight excluding hydrogens is 360 g/mol. The van der Waals surface area contributed by atoms with Crippen LogP contribution in [0.25, 0.3) is 11.0 Å². The van der Waals surface area contributed by atoms with Crippen molar-refractivity contribution in [2.24, 2.45) is 11.7 Å². The molecule has 5 nitrogen and oxygen atoms in total. The summed E-state index contributed by atoms with van der Waals surface area (Å²) in [4.78, 5) is 16.9. The molecular formula is C21H23ClN4O. The first-order valence-electron chi connectivity index (χ1n) is 9.25. The molecule has 4 rings (SSSR count). The van der Waals surface area contributed by atoms with Crippen molar-refractivity contribution in [2.45, 2.75) is 38.8 Å². The number of nitrogens with one attached hydrogen (secondary N) is 1. The van der Waals surface area contributed by atoms with Crippen molar-refractivity contribution in [3.63, 3.8) is 0 Å². The van der Waals surface area contributed by atoms with Crippen LogP contribution in [-0.4, -0.2) is 21.5 Å². The van der Waals surface area contributed by atoms with Crippen LogP contribution < -0.4 is 11.1 Å². The van der Waals surface area contributed by atoms with E-state index in [1.807, 2.05) is 43.3 Å². The first-order valence-corrected chi connectivity index (χ1v) is 9.63. The van der Waals surface area contributed by atoms with E-state index in [1.54, 1.807) is 0 Å². The molecule has 1 aliphatic carbocycles. The molecule has 1 aliphatic rings. The average Bonchev–Trinajstić information content (AvgIpc) is 2.92. The molecule has 0 atom stereocenters. The summed E-state index contributed by atoms with van der Waals surface area (Å²) in [6.07, 6.45) is 2.40. The molecule has 27 heavy (non-hydrogen) atoms. The van der Waals surface area contributed by atoms with Crippen LogP contribution in [0.15, 0.2) is 42.5 Å². The molecule has 3 N–H and O–H groups in total. The van der Waals surface area contributed by atoms with Crippen LogP contribution in [0.3, 0.4) is 0 Å². The van der Waals surface area contributed by atoms with Gasteiger partial charge in [0.2, 0.25) is 5.91 Å². The summed E-state index contributed by atoms with van der Waals surface area (Å²) in [7, 11) is 0. The lowest BCUT2D eigenvalue weighted by Crippen LogP contribution is -2.38. The number of imidazole rings is 1. The number of nitrogens with two attached hydrogens (primary N) is 1. The second-order valence-corrected chi connectivity index (χ2v) is 7.80. The maximum absolute atomic E-state index is 12.3. The van der Waals surface area contributed by atoms with E-state index in [9.17, 15) is 4.79 Å². The van der Waals surface area contributed by atoms with E-state index in [4.69, 9.17) is 17.3 Å². The molecule has 0 bridgehead atoms. The normalized spacial score (nSPS) is 19.1. The molecule has 1 amide bonds. The van der Waals surface area contributed by atoms with Crippen molar-refractivity contribution in [1.82, 2.24) is 9.55 Å². The minimum absolute atomic E-state index is 0.0319. The maximum atomic E-state index is 12.3. The van der Waals surface area contributed by atoms with Crippen LogP contribution in [0.5, 0.6) is 0 Å². The van der Waals surface area contributed by atoms with Crippen LogP contribution in [0, 0.1) is 12.8 Å². The number of aryl methyl sites for hydroxylation is 1. The van der Waals surface area contributed by atoms with Crippen LogP contribution in [0.2, 0.25) is 5.02 Å². The molecule has 0 saturated heterocycles. The number of para-hydroxylation sites is 2. The second kappa shape index (κ2) is 7.33. The Morgan fingerprint density at radius 3 is 2.85 bits per heavy atom. The molecule has 1 heterocycles. The zero-order valence-electron chi connectivity index (χ0n) is 15.3. The van der Waals surface area contributed by atoms with Gasteiger partial charge in [0.25, 0.3) is 0 Å². The number of carbonyl (C=O) groups excluding carboxylic acids is 1. The minimum Gasteiger partial charge on any atom is -0.328 e. The Morgan fingerprint density at radius 2 is 2.07 bits per heavy atom. The highest BCUT2D eigenvalue weighted by atomic mass is 35.5. The van der Waals surface area contributed by atoms with E-state index in [0.29, 0.717) is 23.9 Å². The fourth-order valence-electron chi connectivity index (χ4n) is 3.77. The molecule has 0 unspecified atom stereocenters. The van der Waals surface area contributed by atoms with Crippen molar-refractivity contribution < 1.29 is 4.79 Å². The fourth-order valence-corrected chi connectivity index (χ4v) is 3.94. The highest BCUT2D eigenvalue weighted by Gasteiger charge is 2.27. The van der Waals surface area contributed by atoms with E-state index < -0.39 is 0 Å². The third-order valence-corrected chi connectivity index (χ3v) is 5.62. The lowest BCUT2D eigenvalue weighted by Gasteiger charge is -2.31. The molecule has 6 heteroatoms. The van der Waals surface area contributed by atoms with Gasteiger partial charge in [-0.3, -0.25) is 4.79 Å². The third-order valence-electron chi connectivity index (χ3n) is 5.25. The van der Waals surface area contributed by atoms with Crippen LogP contribution in [0.1, 0.15) is 30.7 Å². The van der Waals surface area contributed by atoms with Gasteiger partial charge >= 0.3 is 0 Å². The summed E-state index contributed by atoms with van der Waals surface area (Å²) in [6.45, 7) is 2.59. The highest BCUT2D eigenvalue weighted by molar-refractivity contribution is 6.31. The van der Waals surface area contributed by atoms with Crippen molar-refractivity contribution in [1.29, 1.82) is 0 Å². The second-order valence-electron chi connectivity index (χ2n) is 7.39. The van der Waals surface area contributed by atoms with E-state index >= 15 is 0 Å². The molecule has 1 fully saturated rings. The lowest BCUT2D eigenvalue weighted by atomic mass is 9.78. The van der Waals surface area contributed by atoms with E-state index in [2.05, 4.69) is 20.9 Å². The number of amides is 1. The van der Waals surface area contributed by atoms with Gasteiger partial charge in [-0.2, -0.15) is 0 Å². The van der Waals surface area contributed by atoms with Crippen LogP contribution in [-0.2, 0) is 11.3 Å². The Balaban J connectivity index is 1.52. The van der Waals surface area contributed by atoms with E-state index in [1.165, 1.54) is 0 Å². The predicted molar refractivity (Wildman–Crippen MR) is 109 cm³/mol. The third kappa shape index (κ3) is 3.84. The Morgan fingerprint density at radius 1 is 1.30 bits per heavy atom. The SMILES string of the molecule is Cc1nc2ccccc2n1Cc1cc(NC(=O)CC2CC(N)C2)ccc1Cl. The maximum Gasteiger partial charge on any atom is 0.224 e. The smallest absolute Gasteiger partial charge is 0.224 e. The molecule has 0 radical (unpaired) electrons. The van der Waals surface area contributed by atoms with E-state index in [0.717, 1.165) is 41.0 Å². The van der Waals surface area contributed by atoms with Crippen LogP contribution in [0.4, 0.5) is 5.69 Å². The molecule has 3 aromatic rings. The Kier molecular flexibility index (Phi) is 4.89. The number of anilines is 1. The number of hydrogen-bond acceptors (Lipinski definition) is 3. The van der Waals surface area contributed by atoms with Crippen molar-refractivity contribution in [3.8, 4) is 0 Å². The average molecular weight is 383 g/mol. The highest BCUT2D eigenvalue weighted by Crippen LogP contribution is 2.29. The number of rotatable bonds is 5. The van der Waals surface area contributed by atoms with Gasteiger partial charge in [0, 0.05) is 23.2 Å². The van der Waals surface area contributed by atoms with Gasteiger partial charge < -0.3 is 15.6 Å². The molecule has 1 saturated carbocycles. The van der Waals surface area contributed by atoms with Gasteiger partial charge in [0.1, 0.15) is 5.82 Å². The molecule has 2 aromatic carbocycles. The number of benzene rings is 2. The number of halogens is 1. The Labute approximate surface area is 163 Å². The standard InChI is InChI=1S/C21H23ClN4O/c1-13-24-19-4-2-3-5-20(19)26(13)12-15-11-17(6-7-18(15)22)25-21(27)10-14-8-16(23)9-14/h2-7,11,14,16H,8-10,12,23H2,1H3,(H,25,27). The van der Waals surface area contributed by atoms with Crippen molar-refractivity contribution in [2.75, 3.05) is 5.32 Å². The summed E-state index contributed by atoms with van der Waals surface area (Å²) < 4.78 is 2.14. The summed E-state index contributed by atoms with van der Waals surface area (Å²) >= 11 is 6.42. The summed E-state index contributed by atoms with van der Waals surface area (Å²) in [6, 6.07) is 13.9. The molecule has 140 valence electrons. The van der Waals surface area contributed by atoms with Gasteiger partial charge in [0.05, 0.1) is 17.6 Å². The lowest BCUT2D eigenvalue weighted by molar-refractivity contribution is -0.117. The zero-order valence-corrected chi connectivity index (χ0v) is 16.0. The summed E-state index contributed by atoms with van der Waals surface area (Å²) in [5.74, 6) is 1.37. The first-order chi connectivity index (χ1) is 13.0.